The number of hydrogen-bond acceptors (Lipinski definition) is 5. The number of nitrogens with zero attached hydrogens (tertiary/aromatic N) is 3. The van der Waals surface area contributed by atoms with Crippen LogP contribution in [0.15, 0.2) is 28.3 Å². The number of rotatable bonds is 6. The maximum absolute atomic E-state index is 5.61. The van der Waals surface area contributed by atoms with Gasteiger partial charge in [0.05, 0.1) is 17.4 Å². The maximum Gasteiger partial charge on any atom is 0.0858 e. The zero-order valence-corrected chi connectivity index (χ0v) is 11.2. The molecule has 3 N–H and O–H groups in total. The fourth-order valence-electron chi connectivity index (χ4n) is 1.44. The van der Waals surface area contributed by atoms with Crippen LogP contribution in [-0.4, -0.2) is 38.1 Å². The molecular weight excluding hydrogens is 226 g/mol. The summed E-state index contributed by atoms with van der Waals surface area (Å²) in [5.74, 6) is 0. The molecule has 0 aliphatic carbocycles. The first-order valence-electron chi connectivity index (χ1n) is 5.86. The molecule has 0 heterocycles. The van der Waals surface area contributed by atoms with Crippen molar-refractivity contribution >= 4 is 24.3 Å². The predicted octanol–water partition coefficient (Wildman–Crippen LogP) is 1.83. The summed E-state index contributed by atoms with van der Waals surface area (Å²) in [6.07, 6.45) is 1.84. The highest BCUT2D eigenvalue weighted by Gasteiger charge is 2.04. The Balaban J connectivity index is 2.90. The van der Waals surface area contributed by atoms with Crippen molar-refractivity contribution in [3.63, 3.8) is 0 Å². The van der Waals surface area contributed by atoms with Crippen molar-refractivity contribution in [3.8, 4) is 0 Å². The summed E-state index contributed by atoms with van der Waals surface area (Å²) in [4.78, 5) is 4.46. The second-order valence-corrected chi connectivity index (χ2v) is 4.04. The first-order chi connectivity index (χ1) is 8.62. The zero-order chi connectivity index (χ0) is 13.5. The van der Waals surface area contributed by atoms with Gasteiger partial charge in [0, 0.05) is 33.6 Å². The van der Waals surface area contributed by atoms with E-state index in [1.807, 2.05) is 45.4 Å². The Kier molecular flexibility index (Phi) is 5.32. The van der Waals surface area contributed by atoms with E-state index >= 15 is 0 Å². The molecule has 1 unspecified atom stereocenters. The van der Waals surface area contributed by atoms with Crippen LogP contribution in [0.4, 0.5) is 11.4 Å². The van der Waals surface area contributed by atoms with Gasteiger partial charge in [0.2, 0.25) is 0 Å². The average molecular weight is 247 g/mol. The molecule has 0 spiro atoms. The number of anilines is 1. The van der Waals surface area contributed by atoms with Crippen LogP contribution < -0.4 is 11.1 Å². The van der Waals surface area contributed by atoms with E-state index in [0.29, 0.717) is 6.54 Å². The van der Waals surface area contributed by atoms with Crippen LogP contribution in [-0.2, 0) is 6.54 Å². The van der Waals surface area contributed by atoms with Gasteiger partial charge in [-0.15, -0.1) is 0 Å². The summed E-state index contributed by atoms with van der Waals surface area (Å²) in [6.45, 7) is 6.01. The van der Waals surface area contributed by atoms with E-state index < -0.39 is 0 Å². The molecule has 98 valence electrons. The van der Waals surface area contributed by atoms with E-state index in [2.05, 4.69) is 22.1 Å². The molecule has 1 aromatic carbocycles. The molecule has 5 heteroatoms. The normalized spacial score (nSPS) is 12.4. The lowest BCUT2D eigenvalue weighted by Crippen LogP contribution is -2.24. The average Bonchev–Trinajstić information content (AvgIpc) is 2.43. The SMILES string of the molecule is C=NN(C)C(C)C=Nc1ccc(CN)cc1NC. The molecule has 0 bridgehead atoms. The number of hydrazone groups is 1. The number of nitrogens with two attached hydrogens (primary N) is 1. The van der Waals surface area contributed by atoms with E-state index in [0.717, 1.165) is 16.9 Å². The zero-order valence-electron chi connectivity index (χ0n) is 11.2. The minimum atomic E-state index is 0.0985. The van der Waals surface area contributed by atoms with Crippen molar-refractivity contribution in [2.24, 2.45) is 15.8 Å². The smallest absolute Gasteiger partial charge is 0.0858 e. The maximum atomic E-state index is 5.61. The second kappa shape index (κ2) is 6.76. The molecule has 1 rings (SSSR count). The Morgan fingerprint density at radius 2 is 2.28 bits per heavy atom. The topological polar surface area (TPSA) is 66.0 Å². The van der Waals surface area contributed by atoms with Crippen molar-refractivity contribution in [2.45, 2.75) is 19.5 Å². The molecule has 0 aliphatic rings. The lowest BCUT2D eigenvalue weighted by molar-refractivity contribution is 0.337. The van der Waals surface area contributed by atoms with E-state index in [9.17, 15) is 0 Å². The van der Waals surface area contributed by atoms with E-state index in [-0.39, 0.29) is 6.04 Å². The van der Waals surface area contributed by atoms with Crippen molar-refractivity contribution in [2.75, 3.05) is 19.4 Å². The van der Waals surface area contributed by atoms with Gasteiger partial charge in [0.15, 0.2) is 0 Å². The summed E-state index contributed by atoms with van der Waals surface area (Å²) in [6, 6.07) is 6.04. The van der Waals surface area contributed by atoms with Crippen LogP contribution in [0.1, 0.15) is 12.5 Å². The minimum absolute atomic E-state index is 0.0985. The molecule has 0 saturated heterocycles. The van der Waals surface area contributed by atoms with Crippen molar-refractivity contribution in [3.05, 3.63) is 23.8 Å². The van der Waals surface area contributed by atoms with E-state index in [4.69, 9.17) is 5.73 Å². The highest BCUT2D eigenvalue weighted by Crippen LogP contribution is 2.25. The Hall–Kier alpha value is -1.88. The van der Waals surface area contributed by atoms with Gasteiger partial charge in [-0.3, -0.25) is 10.0 Å². The fraction of sp³-hybridized carbons (Fsp3) is 0.385. The molecule has 0 saturated carbocycles. The van der Waals surface area contributed by atoms with Gasteiger partial charge in [-0.25, -0.2) is 0 Å². The molecule has 0 aliphatic heterocycles. The van der Waals surface area contributed by atoms with Crippen molar-refractivity contribution < 1.29 is 0 Å². The molecule has 0 radical (unpaired) electrons. The van der Waals surface area contributed by atoms with Crippen LogP contribution in [0.3, 0.4) is 0 Å². The Morgan fingerprint density at radius 1 is 1.56 bits per heavy atom. The summed E-state index contributed by atoms with van der Waals surface area (Å²) >= 11 is 0. The number of nitrogens with one attached hydrogen (secondary N) is 1. The largest absolute Gasteiger partial charge is 0.386 e. The first kappa shape index (κ1) is 14.2. The van der Waals surface area contributed by atoms with Gasteiger partial charge in [-0.2, -0.15) is 5.10 Å². The summed E-state index contributed by atoms with van der Waals surface area (Å²) in [5.41, 5.74) is 8.55. The van der Waals surface area contributed by atoms with Gasteiger partial charge in [-0.1, -0.05) is 6.07 Å². The first-order valence-corrected chi connectivity index (χ1v) is 5.86. The molecule has 18 heavy (non-hydrogen) atoms. The van der Waals surface area contributed by atoms with Crippen molar-refractivity contribution in [1.29, 1.82) is 0 Å². The third-order valence-electron chi connectivity index (χ3n) is 2.81. The number of aliphatic imine (C=N–C) groups is 1. The molecular formula is C13H21N5. The Labute approximate surface area is 108 Å². The van der Waals surface area contributed by atoms with Crippen LogP contribution in [0.25, 0.3) is 0 Å². The predicted molar refractivity (Wildman–Crippen MR) is 78.8 cm³/mol. The summed E-state index contributed by atoms with van der Waals surface area (Å²) in [7, 11) is 3.73. The molecule has 0 aromatic heterocycles. The summed E-state index contributed by atoms with van der Waals surface area (Å²) < 4.78 is 0. The lowest BCUT2D eigenvalue weighted by Gasteiger charge is -2.16. The molecule has 0 fully saturated rings. The fourth-order valence-corrected chi connectivity index (χ4v) is 1.44. The van der Waals surface area contributed by atoms with Crippen LogP contribution in [0, 0.1) is 0 Å². The van der Waals surface area contributed by atoms with E-state index in [1.54, 1.807) is 5.01 Å². The standard InChI is InChI=1S/C13H21N5/c1-10(18(4)16-3)9-17-12-6-5-11(8-14)7-13(12)15-2/h5-7,9-10,15H,3,8,14H2,1-2,4H3. The highest BCUT2D eigenvalue weighted by molar-refractivity contribution is 5.75. The van der Waals surface area contributed by atoms with Gasteiger partial charge in [0.25, 0.3) is 0 Å². The monoisotopic (exact) mass is 247 g/mol. The van der Waals surface area contributed by atoms with E-state index in [1.165, 1.54) is 0 Å². The third-order valence-corrected chi connectivity index (χ3v) is 2.81. The lowest BCUT2D eigenvalue weighted by atomic mass is 10.1. The molecule has 1 atom stereocenters. The Bertz CT molecular complexity index is 427. The Morgan fingerprint density at radius 3 is 2.83 bits per heavy atom. The minimum Gasteiger partial charge on any atom is -0.386 e. The van der Waals surface area contributed by atoms with Gasteiger partial charge < -0.3 is 11.1 Å². The molecule has 5 nitrogen and oxygen atoms in total. The highest BCUT2D eigenvalue weighted by atomic mass is 15.4. The van der Waals surface area contributed by atoms with Crippen LogP contribution in [0.2, 0.25) is 0 Å². The third kappa shape index (κ3) is 3.56. The number of benzene rings is 1. The molecule has 1 aromatic rings. The van der Waals surface area contributed by atoms with Crippen molar-refractivity contribution in [1.82, 2.24) is 5.01 Å². The van der Waals surface area contributed by atoms with Gasteiger partial charge >= 0.3 is 0 Å². The van der Waals surface area contributed by atoms with Crippen LogP contribution >= 0.6 is 0 Å². The second-order valence-electron chi connectivity index (χ2n) is 4.04. The number of hydrogen-bond donors (Lipinski definition) is 2. The quantitative estimate of drug-likeness (QED) is 0.595. The summed E-state index contributed by atoms with van der Waals surface area (Å²) in [5, 5.41) is 8.70. The van der Waals surface area contributed by atoms with Gasteiger partial charge in [0.1, 0.15) is 0 Å². The van der Waals surface area contributed by atoms with Gasteiger partial charge in [-0.05, 0) is 24.6 Å². The van der Waals surface area contributed by atoms with Crippen LogP contribution in [0.5, 0.6) is 0 Å². The molecule has 0 amide bonds.